The van der Waals surface area contributed by atoms with Crippen LogP contribution in [0.4, 0.5) is 4.39 Å². The van der Waals surface area contributed by atoms with Crippen molar-refractivity contribution in [2.75, 3.05) is 33.2 Å². The molecule has 5 nitrogen and oxygen atoms in total. The lowest BCUT2D eigenvalue weighted by atomic mass is 9.73. The highest BCUT2D eigenvalue weighted by molar-refractivity contribution is 5.79. The molecule has 0 N–H and O–H groups in total. The molecule has 0 aromatic heterocycles. The summed E-state index contributed by atoms with van der Waals surface area (Å²) in [7, 11) is 1.93. The molecule has 1 unspecified atom stereocenters. The van der Waals surface area contributed by atoms with Crippen LogP contribution in [0.25, 0.3) is 0 Å². The van der Waals surface area contributed by atoms with E-state index in [2.05, 4.69) is 4.90 Å². The summed E-state index contributed by atoms with van der Waals surface area (Å²) in [6, 6.07) is 6.89. The second kappa shape index (κ2) is 7.82. The maximum Gasteiger partial charge on any atom is 0.236 e. The molecule has 3 fully saturated rings. The minimum Gasteiger partial charge on any atom is -0.341 e. The van der Waals surface area contributed by atoms with Crippen LogP contribution in [0.5, 0.6) is 0 Å². The van der Waals surface area contributed by atoms with E-state index in [0.29, 0.717) is 31.5 Å². The highest BCUT2D eigenvalue weighted by Crippen LogP contribution is 2.42. The third-order valence-corrected chi connectivity index (χ3v) is 6.47. The van der Waals surface area contributed by atoms with Crippen molar-refractivity contribution in [1.82, 2.24) is 14.7 Å². The van der Waals surface area contributed by atoms with Crippen molar-refractivity contribution in [3.63, 3.8) is 0 Å². The van der Waals surface area contributed by atoms with Crippen molar-refractivity contribution in [1.29, 1.82) is 0 Å². The molecule has 152 valence electrons. The van der Waals surface area contributed by atoms with Gasteiger partial charge >= 0.3 is 0 Å². The zero-order chi connectivity index (χ0) is 19.7. The SMILES string of the molecule is CN(CC(=O)N1CCCC2(CCC(=O)N(C3CC3)C2)C1)Cc1ccc(F)cc1. The van der Waals surface area contributed by atoms with Crippen LogP contribution in [0.3, 0.4) is 0 Å². The molecule has 1 atom stereocenters. The molecule has 1 aliphatic carbocycles. The Morgan fingerprint density at radius 3 is 2.68 bits per heavy atom. The Labute approximate surface area is 166 Å². The minimum atomic E-state index is -0.243. The molecule has 3 aliphatic rings. The molecule has 2 aliphatic heterocycles. The van der Waals surface area contributed by atoms with E-state index in [-0.39, 0.29) is 17.1 Å². The van der Waals surface area contributed by atoms with Crippen molar-refractivity contribution >= 4 is 11.8 Å². The van der Waals surface area contributed by atoms with Crippen molar-refractivity contribution in [3.05, 3.63) is 35.6 Å². The van der Waals surface area contributed by atoms with E-state index in [4.69, 9.17) is 0 Å². The Balaban J connectivity index is 1.34. The maximum atomic E-state index is 13.1. The van der Waals surface area contributed by atoms with E-state index < -0.39 is 0 Å². The summed E-state index contributed by atoms with van der Waals surface area (Å²) in [4.78, 5) is 31.3. The van der Waals surface area contributed by atoms with E-state index in [0.717, 1.165) is 57.3 Å². The van der Waals surface area contributed by atoms with E-state index in [9.17, 15) is 14.0 Å². The number of likely N-dealkylation sites (N-methyl/N-ethyl adjacent to an activating group) is 1. The quantitative estimate of drug-likeness (QED) is 0.780. The summed E-state index contributed by atoms with van der Waals surface area (Å²) >= 11 is 0. The molecule has 28 heavy (non-hydrogen) atoms. The zero-order valence-electron chi connectivity index (χ0n) is 16.7. The van der Waals surface area contributed by atoms with Crippen molar-refractivity contribution < 1.29 is 14.0 Å². The van der Waals surface area contributed by atoms with Gasteiger partial charge in [0, 0.05) is 44.1 Å². The van der Waals surface area contributed by atoms with Crippen LogP contribution >= 0.6 is 0 Å². The standard InChI is InChI=1S/C22H30FN3O2/c1-24(13-17-3-5-18(23)6-4-17)14-21(28)25-12-2-10-22(15-25)11-9-20(27)26(16-22)19-7-8-19/h3-6,19H,2,7-16H2,1H3. The molecular formula is C22H30FN3O2. The normalized spacial score (nSPS) is 25.6. The number of carbonyl (C=O) groups excluding carboxylic acids is 2. The second-order valence-electron chi connectivity index (χ2n) is 8.97. The number of nitrogens with zero attached hydrogens (tertiary/aromatic N) is 3. The number of likely N-dealkylation sites (tertiary alicyclic amines) is 2. The molecular weight excluding hydrogens is 357 g/mol. The van der Waals surface area contributed by atoms with Gasteiger partial charge in [-0.3, -0.25) is 14.5 Å². The van der Waals surface area contributed by atoms with Crippen molar-refractivity contribution in [2.24, 2.45) is 5.41 Å². The molecule has 2 saturated heterocycles. The number of hydrogen-bond donors (Lipinski definition) is 0. The first-order chi connectivity index (χ1) is 13.4. The first kappa shape index (κ1) is 19.4. The van der Waals surface area contributed by atoms with Gasteiger partial charge in [0.1, 0.15) is 5.82 Å². The third-order valence-electron chi connectivity index (χ3n) is 6.47. The Hall–Kier alpha value is -1.95. The summed E-state index contributed by atoms with van der Waals surface area (Å²) < 4.78 is 13.1. The first-order valence-electron chi connectivity index (χ1n) is 10.4. The fourth-order valence-electron chi connectivity index (χ4n) is 4.81. The molecule has 1 spiro atoms. The van der Waals surface area contributed by atoms with E-state index in [1.165, 1.54) is 12.1 Å². The van der Waals surface area contributed by atoms with Gasteiger partial charge in [-0.15, -0.1) is 0 Å². The second-order valence-corrected chi connectivity index (χ2v) is 8.97. The van der Waals surface area contributed by atoms with Crippen molar-refractivity contribution in [3.8, 4) is 0 Å². The van der Waals surface area contributed by atoms with Crippen LogP contribution < -0.4 is 0 Å². The lowest BCUT2D eigenvalue weighted by Gasteiger charge is -2.48. The van der Waals surface area contributed by atoms with E-state index >= 15 is 0 Å². The summed E-state index contributed by atoms with van der Waals surface area (Å²) in [5, 5.41) is 0. The van der Waals surface area contributed by atoms with Gasteiger partial charge in [-0.1, -0.05) is 12.1 Å². The van der Waals surface area contributed by atoms with Crippen LogP contribution in [-0.4, -0.2) is 65.8 Å². The van der Waals surface area contributed by atoms with Crippen LogP contribution in [0.2, 0.25) is 0 Å². The number of rotatable bonds is 5. The predicted octanol–water partition coefficient (Wildman–Crippen LogP) is 2.65. The lowest BCUT2D eigenvalue weighted by molar-refractivity contribution is -0.144. The number of amides is 2. The van der Waals surface area contributed by atoms with E-state index in [1.807, 2.05) is 16.8 Å². The molecule has 1 aromatic carbocycles. The van der Waals surface area contributed by atoms with Gasteiger partial charge in [0.15, 0.2) is 0 Å². The van der Waals surface area contributed by atoms with Gasteiger partial charge in [0.2, 0.25) is 11.8 Å². The number of hydrogen-bond acceptors (Lipinski definition) is 3. The third kappa shape index (κ3) is 4.37. The van der Waals surface area contributed by atoms with Gasteiger partial charge in [-0.2, -0.15) is 0 Å². The van der Waals surface area contributed by atoms with Gasteiger partial charge in [0.25, 0.3) is 0 Å². The predicted molar refractivity (Wildman–Crippen MR) is 105 cm³/mol. The van der Waals surface area contributed by atoms with Gasteiger partial charge < -0.3 is 9.80 Å². The van der Waals surface area contributed by atoms with Crippen LogP contribution in [-0.2, 0) is 16.1 Å². The van der Waals surface area contributed by atoms with Gasteiger partial charge in [-0.05, 0) is 56.8 Å². The molecule has 2 heterocycles. The summed E-state index contributed by atoms with van der Waals surface area (Å²) in [5.41, 5.74) is 1.08. The fourth-order valence-corrected chi connectivity index (χ4v) is 4.81. The van der Waals surface area contributed by atoms with Crippen LogP contribution in [0.15, 0.2) is 24.3 Å². The van der Waals surface area contributed by atoms with E-state index in [1.54, 1.807) is 12.1 Å². The lowest BCUT2D eigenvalue weighted by Crippen LogP contribution is -2.56. The topological polar surface area (TPSA) is 43.9 Å². The van der Waals surface area contributed by atoms with Gasteiger partial charge in [0.05, 0.1) is 6.54 Å². The highest BCUT2D eigenvalue weighted by atomic mass is 19.1. The van der Waals surface area contributed by atoms with Crippen LogP contribution in [0.1, 0.15) is 44.1 Å². The molecule has 1 aromatic rings. The summed E-state index contributed by atoms with van der Waals surface area (Å²) in [5.74, 6) is 0.210. The van der Waals surface area contributed by atoms with Gasteiger partial charge in [-0.25, -0.2) is 4.39 Å². The molecule has 0 bridgehead atoms. The molecule has 1 saturated carbocycles. The van der Waals surface area contributed by atoms with Crippen molar-refractivity contribution in [2.45, 2.75) is 51.1 Å². The zero-order valence-corrected chi connectivity index (χ0v) is 16.7. The average molecular weight is 387 g/mol. The Morgan fingerprint density at radius 1 is 1.21 bits per heavy atom. The smallest absolute Gasteiger partial charge is 0.236 e. The number of halogens is 1. The number of carbonyl (C=O) groups is 2. The Kier molecular flexibility index (Phi) is 5.41. The molecule has 0 radical (unpaired) electrons. The molecule has 4 rings (SSSR count). The minimum absolute atomic E-state index is 0.0833. The first-order valence-corrected chi connectivity index (χ1v) is 10.4. The van der Waals surface area contributed by atoms with Crippen LogP contribution in [0, 0.1) is 11.2 Å². The highest BCUT2D eigenvalue weighted by Gasteiger charge is 2.46. The number of piperidine rings is 2. The monoisotopic (exact) mass is 387 g/mol. The summed E-state index contributed by atoms with van der Waals surface area (Å²) in [6.45, 7) is 3.38. The maximum absolute atomic E-state index is 13.1. The molecule has 6 heteroatoms. The average Bonchev–Trinajstić information content (AvgIpc) is 3.51. The fraction of sp³-hybridized carbons (Fsp3) is 0.636. The largest absolute Gasteiger partial charge is 0.341 e. The molecule has 2 amide bonds. The number of benzene rings is 1. The summed E-state index contributed by atoms with van der Waals surface area (Å²) in [6.07, 6.45) is 5.93. The Bertz CT molecular complexity index is 734. The Morgan fingerprint density at radius 2 is 1.96 bits per heavy atom.